The number of nitrogens with zero attached hydrogens (tertiary/aromatic N) is 3. The molecule has 0 atom stereocenters. The summed E-state index contributed by atoms with van der Waals surface area (Å²) in [6, 6.07) is 20.0. The lowest BCUT2D eigenvalue weighted by Crippen LogP contribution is -2.20. The third kappa shape index (κ3) is 6.91. The van der Waals surface area contributed by atoms with Crippen LogP contribution in [0.25, 0.3) is 0 Å². The summed E-state index contributed by atoms with van der Waals surface area (Å²) in [5.74, 6) is 3.66. The molecule has 1 amide bonds. The van der Waals surface area contributed by atoms with Crippen molar-refractivity contribution in [2.24, 2.45) is 0 Å². The van der Waals surface area contributed by atoms with Crippen LogP contribution in [0.2, 0.25) is 0 Å². The zero-order valence-electron chi connectivity index (χ0n) is 19.7. The van der Waals surface area contributed by atoms with Crippen molar-refractivity contribution in [2.45, 2.75) is 13.8 Å². The highest BCUT2D eigenvalue weighted by Crippen LogP contribution is 2.22. The number of methoxy groups -OCH3 is 1. The van der Waals surface area contributed by atoms with Crippen LogP contribution in [0, 0.1) is 13.8 Å². The molecule has 0 unspecified atom stereocenters. The molecule has 0 bridgehead atoms. The van der Waals surface area contributed by atoms with Gasteiger partial charge in [0.25, 0.3) is 5.91 Å². The van der Waals surface area contributed by atoms with Crippen LogP contribution in [0.1, 0.15) is 11.4 Å². The van der Waals surface area contributed by atoms with Crippen LogP contribution in [0.15, 0.2) is 72.9 Å². The molecule has 9 heteroatoms. The number of pyridine rings is 1. The number of aromatic nitrogens is 3. The first-order valence-electron chi connectivity index (χ1n) is 11.0. The van der Waals surface area contributed by atoms with E-state index in [0.717, 1.165) is 17.0 Å². The van der Waals surface area contributed by atoms with E-state index in [1.165, 1.54) is 0 Å². The molecular weight excluding hydrogens is 444 g/mol. The molecule has 0 saturated heterocycles. The highest BCUT2D eigenvalue weighted by Gasteiger charge is 2.07. The number of amides is 1. The molecular formula is C26H26N6O3. The largest absolute Gasteiger partial charge is 0.497 e. The lowest BCUT2D eigenvalue weighted by atomic mass is 10.2. The predicted molar refractivity (Wildman–Crippen MR) is 136 cm³/mol. The van der Waals surface area contributed by atoms with Crippen molar-refractivity contribution in [1.82, 2.24) is 15.0 Å². The van der Waals surface area contributed by atoms with Crippen molar-refractivity contribution < 1.29 is 14.3 Å². The molecule has 35 heavy (non-hydrogen) atoms. The number of hydrogen-bond acceptors (Lipinski definition) is 8. The number of benzene rings is 2. The maximum atomic E-state index is 12.2. The van der Waals surface area contributed by atoms with Crippen LogP contribution in [-0.4, -0.2) is 34.6 Å². The second-order valence-electron chi connectivity index (χ2n) is 7.74. The van der Waals surface area contributed by atoms with E-state index in [1.54, 1.807) is 49.7 Å². The number of nitrogens with one attached hydrogen (secondary N) is 3. The zero-order chi connectivity index (χ0) is 24.6. The van der Waals surface area contributed by atoms with Gasteiger partial charge in [-0.3, -0.25) is 4.79 Å². The zero-order valence-corrected chi connectivity index (χ0v) is 19.7. The minimum absolute atomic E-state index is 0.0991. The maximum absolute atomic E-state index is 12.2. The molecule has 2 aromatic heterocycles. The fourth-order valence-electron chi connectivity index (χ4n) is 3.23. The van der Waals surface area contributed by atoms with Gasteiger partial charge in [-0.2, -0.15) is 0 Å². The molecule has 9 nitrogen and oxygen atoms in total. The van der Waals surface area contributed by atoms with E-state index in [4.69, 9.17) is 9.47 Å². The van der Waals surface area contributed by atoms with Crippen LogP contribution in [0.5, 0.6) is 11.5 Å². The van der Waals surface area contributed by atoms with E-state index >= 15 is 0 Å². The summed E-state index contributed by atoms with van der Waals surface area (Å²) in [5.41, 5.74) is 2.58. The lowest BCUT2D eigenvalue weighted by molar-refractivity contribution is -0.118. The van der Waals surface area contributed by atoms with Gasteiger partial charge in [-0.05, 0) is 80.1 Å². The number of anilines is 5. The summed E-state index contributed by atoms with van der Waals surface area (Å²) in [7, 11) is 1.59. The molecule has 0 aliphatic carbocycles. The van der Waals surface area contributed by atoms with Crippen LogP contribution in [-0.2, 0) is 4.79 Å². The van der Waals surface area contributed by atoms with E-state index in [2.05, 4.69) is 30.9 Å². The molecule has 4 aromatic rings. The molecule has 0 radical (unpaired) electrons. The molecule has 2 aromatic carbocycles. The fourth-order valence-corrected chi connectivity index (χ4v) is 3.23. The first-order valence-corrected chi connectivity index (χ1v) is 11.0. The quantitative estimate of drug-likeness (QED) is 0.313. The van der Waals surface area contributed by atoms with Crippen LogP contribution < -0.4 is 25.4 Å². The van der Waals surface area contributed by atoms with Gasteiger partial charge in [0.1, 0.15) is 34.8 Å². The van der Waals surface area contributed by atoms with Crippen LogP contribution in [0.3, 0.4) is 0 Å². The van der Waals surface area contributed by atoms with Gasteiger partial charge in [0, 0.05) is 23.6 Å². The van der Waals surface area contributed by atoms with Gasteiger partial charge in [-0.15, -0.1) is 0 Å². The Hall–Kier alpha value is -4.66. The molecule has 0 aliphatic rings. The van der Waals surface area contributed by atoms with Crippen molar-refractivity contribution >= 4 is 34.7 Å². The van der Waals surface area contributed by atoms with Crippen molar-refractivity contribution in [1.29, 1.82) is 0 Å². The molecule has 3 N–H and O–H groups in total. The molecule has 4 rings (SSSR count). The summed E-state index contributed by atoms with van der Waals surface area (Å²) >= 11 is 0. The molecule has 2 heterocycles. The first-order chi connectivity index (χ1) is 17.0. The SMILES string of the molecule is COc1ccc(OCC(=O)Nc2ccc(Nc3cc(Nc4cc(C)ccn4)nc(C)n3)cc2)cc1. The van der Waals surface area contributed by atoms with E-state index < -0.39 is 0 Å². The third-order valence-corrected chi connectivity index (χ3v) is 4.88. The van der Waals surface area contributed by atoms with E-state index in [1.807, 2.05) is 44.2 Å². The van der Waals surface area contributed by atoms with Gasteiger partial charge in [0.15, 0.2) is 6.61 Å². The standard InChI is InChI=1S/C26H26N6O3/c1-17-12-13-27-23(14-17)32-25-15-24(28-18(2)29-25)30-19-4-6-20(7-5-19)31-26(33)16-35-22-10-8-21(34-3)9-11-22/h4-15H,16H2,1-3H3,(H,31,33)(H2,27,28,29,30,32). The number of carbonyl (C=O) groups excluding carboxylic acids is 1. The fraction of sp³-hybridized carbons (Fsp3) is 0.154. The Morgan fingerprint density at radius 2 is 1.46 bits per heavy atom. The van der Waals surface area contributed by atoms with Gasteiger partial charge in [0.2, 0.25) is 0 Å². The Morgan fingerprint density at radius 1 is 0.800 bits per heavy atom. The summed E-state index contributed by atoms with van der Waals surface area (Å²) < 4.78 is 10.6. The minimum atomic E-state index is -0.256. The Labute approximate surface area is 203 Å². The third-order valence-electron chi connectivity index (χ3n) is 4.88. The Bertz CT molecular complexity index is 1290. The summed E-state index contributed by atoms with van der Waals surface area (Å²) in [4.78, 5) is 25.4. The monoisotopic (exact) mass is 470 g/mol. The number of rotatable bonds is 9. The highest BCUT2D eigenvalue weighted by molar-refractivity contribution is 5.92. The normalized spacial score (nSPS) is 10.4. The summed E-state index contributed by atoms with van der Waals surface area (Å²) in [6.07, 6.45) is 1.75. The summed E-state index contributed by atoms with van der Waals surface area (Å²) in [5, 5.41) is 9.28. The van der Waals surface area contributed by atoms with Crippen LogP contribution >= 0.6 is 0 Å². The summed E-state index contributed by atoms with van der Waals surface area (Å²) in [6.45, 7) is 3.73. The van der Waals surface area contributed by atoms with Crippen molar-refractivity contribution in [3.8, 4) is 11.5 Å². The number of ether oxygens (including phenoxy) is 2. The molecule has 0 spiro atoms. The Kier molecular flexibility index (Phi) is 7.37. The van der Waals surface area contributed by atoms with Crippen molar-refractivity contribution in [2.75, 3.05) is 29.7 Å². The highest BCUT2D eigenvalue weighted by atomic mass is 16.5. The van der Waals surface area contributed by atoms with E-state index in [9.17, 15) is 4.79 Å². The molecule has 0 aliphatic heterocycles. The second kappa shape index (κ2) is 11.0. The van der Waals surface area contributed by atoms with Gasteiger partial charge in [-0.1, -0.05) is 0 Å². The predicted octanol–water partition coefficient (Wildman–Crippen LogP) is 5.00. The number of aryl methyl sites for hydroxylation is 2. The van der Waals surface area contributed by atoms with E-state index in [-0.39, 0.29) is 12.5 Å². The van der Waals surface area contributed by atoms with Gasteiger partial charge in [0.05, 0.1) is 7.11 Å². The van der Waals surface area contributed by atoms with Gasteiger partial charge in [-0.25, -0.2) is 15.0 Å². The number of carbonyl (C=O) groups is 1. The van der Waals surface area contributed by atoms with Crippen LogP contribution in [0.4, 0.5) is 28.8 Å². The molecule has 0 fully saturated rings. The van der Waals surface area contributed by atoms with Crippen molar-refractivity contribution in [3.05, 3.63) is 84.3 Å². The van der Waals surface area contributed by atoms with Gasteiger partial charge < -0.3 is 25.4 Å². The maximum Gasteiger partial charge on any atom is 0.262 e. The molecule has 178 valence electrons. The smallest absolute Gasteiger partial charge is 0.262 e. The lowest BCUT2D eigenvalue weighted by Gasteiger charge is -2.11. The minimum Gasteiger partial charge on any atom is -0.497 e. The van der Waals surface area contributed by atoms with E-state index in [0.29, 0.717) is 34.7 Å². The molecule has 0 saturated carbocycles. The topological polar surface area (TPSA) is 110 Å². The second-order valence-corrected chi connectivity index (χ2v) is 7.74. The Balaban J connectivity index is 1.33. The van der Waals surface area contributed by atoms with Crippen molar-refractivity contribution in [3.63, 3.8) is 0 Å². The number of hydrogen-bond donors (Lipinski definition) is 3. The van der Waals surface area contributed by atoms with Gasteiger partial charge >= 0.3 is 0 Å². The average molecular weight is 471 g/mol. The Morgan fingerprint density at radius 3 is 2.14 bits per heavy atom. The average Bonchev–Trinajstić information content (AvgIpc) is 2.84. The first kappa shape index (κ1) is 23.5.